The Morgan fingerprint density at radius 2 is 1.60 bits per heavy atom. The molecule has 1 saturated heterocycles. The summed E-state index contributed by atoms with van der Waals surface area (Å²) >= 11 is 1.72. The number of piperazine rings is 1. The third kappa shape index (κ3) is 3.97. The molecular formula is C24H23N5S. The van der Waals surface area contributed by atoms with E-state index in [0.717, 1.165) is 60.2 Å². The lowest BCUT2D eigenvalue weighted by atomic mass is 10.1. The second-order valence-electron chi connectivity index (χ2n) is 7.53. The predicted molar refractivity (Wildman–Crippen MR) is 124 cm³/mol. The first-order chi connectivity index (χ1) is 14.8. The average molecular weight is 414 g/mol. The van der Waals surface area contributed by atoms with E-state index in [1.807, 2.05) is 30.6 Å². The average Bonchev–Trinajstić information content (AvgIpc) is 3.35. The Balaban J connectivity index is 1.59. The van der Waals surface area contributed by atoms with Gasteiger partial charge in [-0.2, -0.15) is 0 Å². The first kappa shape index (κ1) is 18.9. The van der Waals surface area contributed by atoms with Gasteiger partial charge in [0.2, 0.25) is 0 Å². The molecule has 0 N–H and O–H groups in total. The lowest BCUT2D eigenvalue weighted by Gasteiger charge is -2.33. The zero-order valence-electron chi connectivity index (χ0n) is 16.9. The number of likely N-dealkylation sites (N-methyl/N-ethyl adjacent to an activating group) is 1. The van der Waals surface area contributed by atoms with Crippen LogP contribution in [0.5, 0.6) is 0 Å². The van der Waals surface area contributed by atoms with Crippen molar-refractivity contribution in [1.29, 1.82) is 0 Å². The maximum absolute atomic E-state index is 4.93. The number of anilines is 1. The molecule has 0 bridgehead atoms. The van der Waals surface area contributed by atoms with Crippen molar-refractivity contribution in [2.75, 3.05) is 38.1 Å². The van der Waals surface area contributed by atoms with Gasteiger partial charge in [-0.1, -0.05) is 36.4 Å². The fraction of sp³-hybridized carbons (Fsp3) is 0.208. The summed E-state index contributed by atoms with van der Waals surface area (Å²) in [5, 5.41) is 2.09. The molecule has 0 radical (unpaired) electrons. The first-order valence-corrected chi connectivity index (χ1v) is 11.0. The van der Waals surface area contributed by atoms with Gasteiger partial charge in [0, 0.05) is 66.2 Å². The Kier molecular flexibility index (Phi) is 5.26. The molecule has 4 heterocycles. The number of benzene rings is 1. The van der Waals surface area contributed by atoms with E-state index in [1.165, 1.54) is 4.88 Å². The van der Waals surface area contributed by atoms with E-state index in [2.05, 4.69) is 63.6 Å². The van der Waals surface area contributed by atoms with Crippen molar-refractivity contribution in [1.82, 2.24) is 19.9 Å². The molecule has 1 aliphatic heterocycles. The van der Waals surface area contributed by atoms with Crippen LogP contribution in [0.3, 0.4) is 0 Å². The molecule has 0 amide bonds. The molecule has 5 nitrogen and oxygen atoms in total. The third-order valence-electron chi connectivity index (χ3n) is 5.41. The van der Waals surface area contributed by atoms with Gasteiger partial charge in [-0.3, -0.25) is 4.98 Å². The van der Waals surface area contributed by atoms with Gasteiger partial charge >= 0.3 is 0 Å². The largest absolute Gasteiger partial charge is 0.354 e. The maximum Gasteiger partial charge on any atom is 0.162 e. The smallest absolute Gasteiger partial charge is 0.162 e. The number of hydrogen-bond acceptors (Lipinski definition) is 6. The first-order valence-electron chi connectivity index (χ1n) is 10.1. The van der Waals surface area contributed by atoms with Crippen LogP contribution in [-0.2, 0) is 0 Å². The Hall–Kier alpha value is -3.09. The highest BCUT2D eigenvalue weighted by molar-refractivity contribution is 7.13. The van der Waals surface area contributed by atoms with E-state index in [-0.39, 0.29) is 0 Å². The summed E-state index contributed by atoms with van der Waals surface area (Å²) < 4.78 is 0. The molecular weight excluding hydrogens is 390 g/mol. The maximum atomic E-state index is 4.93. The van der Waals surface area contributed by atoms with E-state index in [4.69, 9.17) is 9.97 Å². The molecule has 1 aliphatic rings. The molecule has 6 heteroatoms. The van der Waals surface area contributed by atoms with Crippen LogP contribution in [0.4, 0.5) is 5.82 Å². The summed E-state index contributed by atoms with van der Waals surface area (Å²) in [5.41, 5.74) is 4.06. The van der Waals surface area contributed by atoms with Crippen LogP contribution in [0.1, 0.15) is 0 Å². The van der Waals surface area contributed by atoms with Crippen molar-refractivity contribution >= 4 is 17.2 Å². The Labute approximate surface area is 180 Å². The van der Waals surface area contributed by atoms with E-state index in [0.29, 0.717) is 0 Å². The van der Waals surface area contributed by atoms with Crippen LogP contribution >= 0.6 is 11.3 Å². The molecule has 1 aromatic carbocycles. The van der Waals surface area contributed by atoms with Gasteiger partial charge in [0.05, 0.1) is 5.69 Å². The highest BCUT2D eigenvalue weighted by atomic mass is 32.1. The molecule has 4 aromatic rings. The molecule has 3 aromatic heterocycles. The van der Waals surface area contributed by atoms with Gasteiger partial charge < -0.3 is 9.80 Å². The second kappa shape index (κ2) is 8.34. The highest BCUT2D eigenvalue weighted by Crippen LogP contribution is 2.30. The molecule has 150 valence electrons. The van der Waals surface area contributed by atoms with Crippen LogP contribution in [0.15, 0.2) is 72.4 Å². The zero-order valence-corrected chi connectivity index (χ0v) is 17.7. The number of hydrogen-bond donors (Lipinski definition) is 0. The summed E-state index contributed by atoms with van der Waals surface area (Å²) in [7, 11) is 2.17. The van der Waals surface area contributed by atoms with E-state index >= 15 is 0 Å². The molecule has 0 spiro atoms. The summed E-state index contributed by atoms with van der Waals surface area (Å²) in [5.74, 6) is 1.73. The van der Waals surface area contributed by atoms with Crippen molar-refractivity contribution < 1.29 is 0 Å². The standard InChI is InChI=1S/C24H23N5S/c1-28-9-11-29(12-10-28)23-15-21(26-24(27-23)18-6-3-2-4-7-18)19-14-20(17-25-16-19)22-8-5-13-30-22/h2-8,13-17H,9-12H2,1H3. The highest BCUT2D eigenvalue weighted by Gasteiger charge is 2.18. The lowest BCUT2D eigenvalue weighted by molar-refractivity contribution is 0.312. The lowest BCUT2D eigenvalue weighted by Crippen LogP contribution is -2.44. The molecule has 1 fully saturated rings. The van der Waals surface area contributed by atoms with Crippen LogP contribution in [0, 0.1) is 0 Å². The van der Waals surface area contributed by atoms with Crippen LogP contribution in [-0.4, -0.2) is 53.1 Å². The van der Waals surface area contributed by atoms with Crippen molar-refractivity contribution in [2.45, 2.75) is 0 Å². The Bertz CT molecular complexity index is 1120. The molecule has 0 saturated carbocycles. The predicted octanol–water partition coefficient (Wildman–Crippen LogP) is 4.69. The minimum absolute atomic E-state index is 0.753. The molecule has 5 rings (SSSR count). The van der Waals surface area contributed by atoms with Crippen molar-refractivity contribution in [2.24, 2.45) is 0 Å². The Morgan fingerprint density at radius 3 is 2.37 bits per heavy atom. The number of aromatic nitrogens is 3. The van der Waals surface area contributed by atoms with Gasteiger partial charge in [-0.05, 0) is 24.6 Å². The number of rotatable bonds is 4. The molecule has 0 aliphatic carbocycles. The quantitative estimate of drug-likeness (QED) is 0.486. The van der Waals surface area contributed by atoms with Gasteiger partial charge in [-0.15, -0.1) is 11.3 Å². The molecule has 30 heavy (non-hydrogen) atoms. The van der Waals surface area contributed by atoms with Gasteiger partial charge in [0.1, 0.15) is 5.82 Å². The number of thiophene rings is 1. The number of pyridine rings is 1. The topological polar surface area (TPSA) is 45.2 Å². The monoisotopic (exact) mass is 413 g/mol. The summed E-state index contributed by atoms with van der Waals surface area (Å²) in [6.07, 6.45) is 3.80. The fourth-order valence-electron chi connectivity index (χ4n) is 3.65. The second-order valence-corrected chi connectivity index (χ2v) is 8.48. The van der Waals surface area contributed by atoms with Crippen LogP contribution < -0.4 is 4.90 Å². The van der Waals surface area contributed by atoms with Crippen LogP contribution in [0.25, 0.3) is 33.1 Å². The minimum Gasteiger partial charge on any atom is -0.354 e. The summed E-state index contributed by atoms with van der Waals surface area (Å²) in [6, 6.07) is 18.7. The van der Waals surface area contributed by atoms with Crippen molar-refractivity contribution in [3.8, 4) is 33.1 Å². The zero-order chi connectivity index (χ0) is 20.3. The fourth-order valence-corrected chi connectivity index (χ4v) is 4.36. The summed E-state index contributed by atoms with van der Waals surface area (Å²) in [4.78, 5) is 20.3. The van der Waals surface area contributed by atoms with Crippen molar-refractivity contribution in [3.05, 3.63) is 72.4 Å². The third-order valence-corrected chi connectivity index (χ3v) is 6.33. The Morgan fingerprint density at radius 1 is 0.800 bits per heavy atom. The normalized spacial score (nSPS) is 14.8. The SMILES string of the molecule is CN1CCN(c2cc(-c3cncc(-c4cccs4)c3)nc(-c3ccccc3)n2)CC1. The molecule has 0 atom stereocenters. The van der Waals surface area contributed by atoms with Crippen LogP contribution in [0.2, 0.25) is 0 Å². The molecule has 0 unspecified atom stereocenters. The van der Waals surface area contributed by atoms with E-state index in [9.17, 15) is 0 Å². The summed E-state index contributed by atoms with van der Waals surface area (Å²) in [6.45, 7) is 4.01. The van der Waals surface area contributed by atoms with Gasteiger partial charge in [0.25, 0.3) is 0 Å². The van der Waals surface area contributed by atoms with E-state index < -0.39 is 0 Å². The van der Waals surface area contributed by atoms with Crippen molar-refractivity contribution in [3.63, 3.8) is 0 Å². The number of nitrogens with zero attached hydrogens (tertiary/aromatic N) is 5. The minimum atomic E-state index is 0.753. The van der Waals surface area contributed by atoms with Gasteiger partial charge in [0.15, 0.2) is 5.82 Å². The van der Waals surface area contributed by atoms with Gasteiger partial charge in [-0.25, -0.2) is 9.97 Å². The van der Waals surface area contributed by atoms with E-state index in [1.54, 1.807) is 11.3 Å².